The Morgan fingerprint density at radius 2 is 2.08 bits per heavy atom. The number of halogens is 3. The van der Waals surface area contributed by atoms with Crippen molar-refractivity contribution in [2.45, 2.75) is 19.1 Å². The number of ether oxygens (including phenoxy) is 1. The van der Waals surface area contributed by atoms with Gasteiger partial charge >= 0.3 is 12.2 Å². The summed E-state index contributed by atoms with van der Waals surface area (Å²) in [4.78, 5) is 15.9. The lowest BCUT2D eigenvalue weighted by atomic mass is 10.3. The van der Waals surface area contributed by atoms with Gasteiger partial charge in [0.1, 0.15) is 6.61 Å². The zero-order chi connectivity index (χ0) is 17.4. The molecule has 0 unspecified atom stereocenters. The van der Waals surface area contributed by atoms with Crippen LogP contribution in [0.4, 0.5) is 18.0 Å². The van der Waals surface area contributed by atoms with Gasteiger partial charge in [-0.3, -0.25) is 10.00 Å². The van der Waals surface area contributed by atoms with Gasteiger partial charge < -0.3 is 15.0 Å². The SMILES string of the molecule is O=C(NCc1ccn[nH]1)N1CCN(CCCOCC(F)(F)F)CC1. The minimum absolute atomic E-state index is 0.0877. The highest BCUT2D eigenvalue weighted by molar-refractivity contribution is 5.74. The molecule has 2 amide bonds. The molecule has 1 aromatic heterocycles. The molecule has 136 valence electrons. The summed E-state index contributed by atoms with van der Waals surface area (Å²) in [5.74, 6) is 0. The van der Waals surface area contributed by atoms with E-state index in [2.05, 4.69) is 25.2 Å². The Kier molecular flexibility index (Phi) is 6.85. The number of alkyl halides is 3. The van der Waals surface area contributed by atoms with Crippen molar-refractivity contribution in [3.05, 3.63) is 18.0 Å². The van der Waals surface area contributed by atoms with Crippen molar-refractivity contribution in [3.8, 4) is 0 Å². The number of hydrogen-bond donors (Lipinski definition) is 2. The Bertz CT molecular complexity index is 487. The maximum atomic E-state index is 12.0. The highest BCUT2D eigenvalue weighted by Crippen LogP contribution is 2.14. The molecule has 1 aliphatic heterocycles. The van der Waals surface area contributed by atoms with E-state index in [0.717, 1.165) is 5.69 Å². The number of aromatic nitrogens is 2. The molecule has 1 saturated heterocycles. The zero-order valence-corrected chi connectivity index (χ0v) is 13.3. The van der Waals surface area contributed by atoms with E-state index in [1.165, 1.54) is 0 Å². The number of carbonyl (C=O) groups is 1. The van der Waals surface area contributed by atoms with Gasteiger partial charge in [0.25, 0.3) is 0 Å². The summed E-state index contributed by atoms with van der Waals surface area (Å²) in [7, 11) is 0. The second-order valence-electron chi connectivity index (χ2n) is 5.59. The normalized spacial score (nSPS) is 16.4. The molecule has 24 heavy (non-hydrogen) atoms. The van der Waals surface area contributed by atoms with Gasteiger partial charge in [0, 0.05) is 45.5 Å². The van der Waals surface area contributed by atoms with E-state index in [9.17, 15) is 18.0 Å². The van der Waals surface area contributed by atoms with Crippen LogP contribution < -0.4 is 5.32 Å². The summed E-state index contributed by atoms with van der Waals surface area (Å²) >= 11 is 0. The molecule has 0 radical (unpaired) electrons. The molecule has 1 aromatic rings. The third-order valence-corrected chi connectivity index (χ3v) is 3.68. The number of rotatable bonds is 7. The number of aromatic amines is 1. The van der Waals surface area contributed by atoms with E-state index in [4.69, 9.17) is 0 Å². The average molecular weight is 349 g/mol. The van der Waals surface area contributed by atoms with Gasteiger partial charge in [0.05, 0.1) is 12.2 Å². The summed E-state index contributed by atoms with van der Waals surface area (Å²) < 4.78 is 40.4. The Labute approximate surface area is 138 Å². The summed E-state index contributed by atoms with van der Waals surface area (Å²) in [6, 6.07) is 1.66. The Morgan fingerprint density at radius 1 is 1.33 bits per heavy atom. The van der Waals surface area contributed by atoms with Crippen LogP contribution in [0, 0.1) is 0 Å². The number of nitrogens with one attached hydrogen (secondary N) is 2. The fourth-order valence-corrected chi connectivity index (χ4v) is 2.42. The van der Waals surface area contributed by atoms with Crippen LogP contribution in [0.3, 0.4) is 0 Å². The summed E-state index contributed by atoms with van der Waals surface area (Å²) in [6.45, 7) is 2.56. The van der Waals surface area contributed by atoms with Crippen molar-refractivity contribution in [1.29, 1.82) is 0 Å². The predicted octanol–water partition coefficient (Wildman–Crippen LogP) is 1.21. The van der Waals surface area contributed by atoms with Crippen molar-refractivity contribution in [2.75, 3.05) is 45.9 Å². The van der Waals surface area contributed by atoms with Crippen molar-refractivity contribution in [3.63, 3.8) is 0 Å². The van der Waals surface area contributed by atoms with E-state index in [0.29, 0.717) is 45.7 Å². The molecule has 2 rings (SSSR count). The molecule has 0 atom stereocenters. The van der Waals surface area contributed by atoms with Crippen molar-refractivity contribution in [2.24, 2.45) is 0 Å². The van der Waals surface area contributed by atoms with Gasteiger partial charge in [0.15, 0.2) is 0 Å². The standard InChI is InChI=1S/C14H22F3N5O2/c15-14(16,17)11-24-9-1-4-21-5-7-22(8-6-21)13(23)18-10-12-2-3-19-20-12/h2-3H,1,4-11H2,(H,18,23)(H,19,20). The third-order valence-electron chi connectivity index (χ3n) is 3.68. The number of carbonyl (C=O) groups excluding carboxylic acids is 1. The minimum Gasteiger partial charge on any atom is -0.372 e. The van der Waals surface area contributed by atoms with Gasteiger partial charge in [-0.05, 0) is 12.5 Å². The largest absolute Gasteiger partial charge is 0.411 e. The van der Waals surface area contributed by atoms with E-state index >= 15 is 0 Å². The van der Waals surface area contributed by atoms with E-state index in [1.807, 2.05) is 0 Å². The molecular formula is C14H22F3N5O2. The molecule has 2 N–H and O–H groups in total. The average Bonchev–Trinajstić information content (AvgIpc) is 3.05. The smallest absolute Gasteiger partial charge is 0.372 e. The van der Waals surface area contributed by atoms with E-state index in [-0.39, 0.29) is 12.6 Å². The molecule has 10 heteroatoms. The topological polar surface area (TPSA) is 73.5 Å². The number of urea groups is 1. The van der Waals surface area contributed by atoms with E-state index in [1.54, 1.807) is 17.2 Å². The van der Waals surface area contributed by atoms with Gasteiger partial charge in [-0.15, -0.1) is 0 Å². The summed E-state index contributed by atoms with van der Waals surface area (Å²) in [5, 5.41) is 9.39. The first-order chi connectivity index (χ1) is 11.4. The van der Waals surface area contributed by atoms with E-state index < -0.39 is 12.8 Å². The predicted molar refractivity (Wildman–Crippen MR) is 80.3 cm³/mol. The molecule has 0 bridgehead atoms. The van der Waals surface area contributed by atoms with Crippen molar-refractivity contribution in [1.82, 2.24) is 25.3 Å². The lowest BCUT2D eigenvalue weighted by molar-refractivity contribution is -0.174. The fourth-order valence-electron chi connectivity index (χ4n) is 2.42. The quantitative estimate of drug-likeness (QED) is 0.726. The molecule has 0 aromatic carbocycles. The molecule has 0 saturated carbocycles. The monoisotopic (exact) mass is 349 g/mol. The first-order valence-electron chi connectivity index (χ1n) is 7.82. The lowest BCUT2D eigenvalue weighted by Crippen LogP contribution is -2.51. The second-order valence-corrected chi connectivity index (χ2v) is 5.59. The Hall–Kier alpha value is -1.81. The molecule has 0 spiro atoms. The van der Waals surface area contributed by atoms with Gasteiger partial charge in [-0.1, -0.05) is 0 Å². The Morgan fingerprint density at radius 3 is 2.71 bits per heavy atom. The molecule has 1 fully saturated rings. The van der Waals surface area contributed by atoms with Crippen LogP contribution in [0.15, 0.2) is 12.3 Å². The van der Waals surface area contributed by atoms with Crippen molar-refractivity contribution < 1.29 is 22.7 Å². The summed E-state index contributed by atoms with van der Waals surface area (Å²) in [6.07, 6.45) is -2.10. The summed E-state index contributed by atoms with van der Waals surface area (Å²) in [5.41, 5.74) is 0.834. The molecular weight excluding hydrogens is 327 g/mol. The number of piperazine rings is 1. The zero-order valence-electron chi connectivity index (χ0n) is 13.3. The minimum atomic E-state index is -4.27. The number of hydrogen-bond acceptors (Lipinski definition) is 4. The van der Waals surface area contributed by atoms with Crippen LogP contribution in [-0.2, 0) is 11.3 Å². The maximum Gasteiger partial charge on any atom is 0.411 e. The van der Waals surface area contributed by atoms with Crippen LogP contribution in [0.25, 0.3) is 0 Å². The van der Waals surface area contributed by atoms with Gasteiger partial charge in [-0.2, -0.15) is 18.3 Å². The molecule has 7 nitrogen and oxygen atoms in total. The van der Waals surface area contributed by atoms with Crippen LogP contribution >= 0.6 is 0 Å². The van der Waals surface area contributed by atoms with Gasteiger partial charge in [-0.25, -0.2) is 4.79 Å². The van der Waals surface area contributed by atoms with Crippen LogP contribution in [0.5, 0.6) is 0 Å². The van der Waals surface area contributed by atoms with Crippen LogP contribution in [0.1, 0.15) is 12.1 Å². The third kappa shape index (κ3) is 6.75. The Balaban J connectivity index is 1.55. The number of H-pyrrole nitrogens is 1. The van der Waals surface area contributed by atoms with Gasteiger partial charge in [0.2, 0.25) is 0 Å². The van der Waals surface area contributed by atoms with Crippen molar-refractivity contribution >= 4 is 6.03 Å². The second kappa shape index (κ2) is 8.88. The first kappa shape index (κ1) is 18.5. The molecule has 0 aliphatic carbocycles. The van der Waals surface area contributed by atoms with Crippen LogP contribution in [0.2, 0.25) is 0 Å². The lowest BCUT2D eigenvalue weighted by Gasteiger charge is -2.34. The maximum absolute atomic E-state index is 12.0. The first-order valence-corrected chi connectivity index (χ1v) is 7.82. The molecule has 2 heterocycles. The molecule has 1 aliphatic rings. The fraction of sp³-hybridized carbons (Fsp3) is 0.714. The highest BCUT2D eigenvalue weighted by Gasteiger charge is 2.27. The highest BCUT2D eigenvalue weighted by atomic mass is 19.4. The number of nitrogens with zero attached hydrogens (tertiary/aromatic N) is 3. The number of amides is 2. The van der Waals surface area contributed by atoms with Crippen LogP contribution in [-0.4, -0.2) is 78.1 Å².